The van der Waals surface area contributed by atoms with E-state index in [1.54, 1.807) is 24.3 Å². The van der Waals surface area contributed by atoms with Crippen LogP contribution in [0.2, 0.25) is 0 Å². The Bertz CT molecular complexity index is 1270. The molecule has 4 rings (SSSR count). The summed E-state index contributed by atoms with van der Waals surface area (Å²) < 4.78 is 10.5. The highest BCUT2D eigenvalue weighted by Crippen LogP contribution is 2.18. The summed E-state index contributed by atoms with van der Waals surface area (Å²) in [5, 5.41) is 2.16. The number of carbonyl (C=O) groups excluding carboxylic acids is 2. The van der Waals surface area contributed by atoms with E-state index in [2.05, 4.69) is 0 Å². The largest absolute Gasteiger partial charge is 0.489 e. The van der Waals surface area contributed by atoms with Gasteiger partial charge >= 0.3 is 5.97 Å². The molecule has 0 aliphatic heterocycles. The van der Waals surface area contributed by atoms with Crippen molar-refractivity contribution in [1.29, 1.82) is 0 Å². The molecule has 0 unspecified atom stereocenters. The molecule has 158 valence electrons. The van der Waals surface area contributed by atoms with E-state index in [0.29, 0.717) is 17.7 Å². The summed E-state index contributed by atoms with van der Waals surface area (Å²) in [6, 6.07) is 28.3. The standard InChI is InChI=1S/C28H22O4/c1-31-28(30)23-11-6-21(7-12-23)19-32-26-15-8-20(9-16-26)10-17-27(29)25-14-13-22-4-2-3-5-24(22)18-25/h2-18H,19H2,1H3. The Morgan fingerprint density at radius 2 is 1.47 bits per heavy atom. The highest BCUT2D eigenvalue weighted by atomic mass is 16.5. The van der Waals surface area contributed by atoms with Crippen LogP contribution < -0.4 is 4.74 Å². The topological polar surface area (TPSA) is 52.6 Å². The first-order chi connectivity index (χ1) is 15.6. The van der Waals surface area contributed by atoms with Crippen molar-refractivity contribution in [3.8, 4) is 5.75 Å². The van der Waals surface area contributed by atoms with Crippen molar-refractivity contribution in [3.63, 3.8) is 0 Å². The van der Waals surface area contributed by atoms with Gasteiger partial charge in [0.25, 0.3) is 0 Å². The van der Waals surface area contributed by atoms with Gasteiger partial charge in [-0.15, -0.1) is 0 Å². The van der Waals surface area contributed by atoms with Crippen LogP contribution >= 0.6 is 0 Å². The van der Waals surface area contributed by atoms with Crippen molar-refractivity contribution in [1.82, 2.24) is 0 Å². The number of carbonyl (C=O) groups is 2. The number of esters is 1. The summed E-state index contributed by atoms with van der Waals surface area (Å²) >= 11 is 0. The number of hydrogen-bond acceptors (Lipinski definition) is 4. The zero-order chi connectivity index (χ0) is 22.3. The second-order valence-corrected chi connectivity index (χ2v) is 7.31. The molecule has 4 heteroatoms. The lowest BCUT2D eigenvalue weighted by Crippen LogP contribution is -2.01. The normalized spacial score (nSPS) is 10.9. The molecule has 0 spiro atoms. The molecule has 0 atom stereocenters. The van der Waals surface area contributed by atoms with Crippen LogP contribution in [-0.4, -0.2) is 18.9 Å². The van der Waals surface area contributed by atoms with Gasteiger partial charge in [-0.3, -0.25) is 4.79 Å². The molecule has 0 bridgehead atoms. The minimum absolute atomic E-state index is 0.0357. The number of ether oxygens (including phenoxy) is 2. The maximum atomic E-state index is 12.5. The molecule has 0 radical (unpaired) electrons. The van der Waals surface area contributed by atoms with E-state index in [1.165, 1.54) is 7.11 Å². The molecule has 4 nitrogen and oxygen atoms in total. The van der Waals surface area contributed by atoms with Gasteiger partial charge in [-0.2, -0.15) is 0 Å². The van der Waals surface area contributed by atoms with Crippen molar-refractivity contribution in [3.05, 3.63) is 119 Å². The summed E-state index contributed by atoms with van der Waals surface area (Å²) in [4.78, 5) is 24.0. The minimum atomic E-state index is -0.361. The number of allylic oxidation sites excluding steroid dienone is 1. The Morgan fingerprint density at radius 1 is 0.781 bits per heavy atom. The van der Waals surface area contributed by atoms with Gasteiger partial charge in [0.05, 0.1) is 12.7 Å². The summed E-state index contributed by atoms with van der Waals surface area (Å²) in [5.41, 5.74) is 3.03. The zero-order valence-electron chi connectivity index (χ0n) is 17.7. The second-order valence-electron chi connectivity index (χ2n) is 7.31. The fourth-order valence-corrected chi connectivity index (χ4v) is 3.31. The van der Waals surface area contributed by atoms with Gasteiger partial charge in [0.1, 0.15) is 12.4 Å². The number of ketones is 1. The third-order valence-corrected chi connectivity index (χ3v) is 5.12. The molecule has 0 aromatic heterocycles. The van der Waals surface area contributed by atoms with E-state index < -0.39 is 0 Å². The molecule has 0 N–H and O–H groups in total. The summed E-state index contributed by atoms with van der Waals surface area (Å²) in [6.07, 6.45) is 3.38. The van der Waals surface area contributed by atoms with E-state index >= 15 is 0 Å². The molecule has 0 aliphatic rings. The lowest BCUT2D eigenvalue weighted by atomic mass is 10.0. The number of benzene rings is 4. The van der Waals surface area contributed by atoms with Crippen molar-refractivity contribution in [2.75, 3.05) is 7.11 Å². The maximum absolute atomic E-state index is 12.5. The van der Waals surface area contributed by atoms with Crippen molar-refractivity contribution < 1.29 is 19.1 Å². The zero-order valence-corrected chi connectivity index (χ0v) is 17.7. The highest BCUT2D eigenvalue weighted by Gasteiger charge is 2.05. The summed E-state index contributed by atoms with van der Waals surface area (Å²) in [7, 11) is 1.36. The van der Waals surface area contributed by atoms with Gasteiger partial charge < -0.3 is 9.47 Å². The van der Waals surface area contributed by atoms with Crippen molar-refractivity contribution >= 4 is 28.6 Å². The van der Waals surface area contributed by atoms with Gasteiger partial charge in [0.15, 0.2) is 5.78 Å². The third-order valence-electron chi connectivity index (χ3n) is 5.12. The number of rotatable bonds is 7. The molecule has 4 aromatic rings. The smallest absolute Gasteiger partial charge is 0.337 e. The van der Waals surface area contributed by atoms with E-state index in [-0.39, 0.29) is 11.8 Å². The number of methoxy groups -OCH3 is 1. The molecule has 4 aromatic carbocycles. The molecular weight excluding hydrogens is 400 g/mol. The van der Waals surface area contributed by atoms with Crippen LogP contribution in [0.4, 0.5) is 0 Å². The summed E-state index contributed by atoms with van der Waals surface area (Å²) in [5.74, 6) is 0.326. The monoisotopic (exact) mass is 422 g/mol. The third kappa shape index (κ3) is 5.10. The van der Waals surface area contributed by atoms with Crippen LogP contribution in [0.5, 0.6) is 5.75 Å². The molecule has 0 amide bonds. The SMILES string of the molecule is COC(=O)c1ccc(COc2ccc(C=CC(=O)c3ccc4ccccc4c3)cc2)cc1. The van der Waals surface area contributed by atoms with Crippen LogP contribution in [0.1, 0.15) is 31.8 Å². The van der Waals surface area contributed by atoms with Gasteiger partial charge in [-0.1, -0.05) is 66.7 Å². The summed E-state index contributed by atoms with van der Waals surface area (Å²) in [6.45, 7) is 0.386. The molecule has 0 fully saturated rings. The van der Waals surface area contributed by atoms with Crippen LogP contribution in [-0.2, 0) is 11.3 Å². The molecule has 0 aliphatic carbocycles. The van der Waals surface area contributed by atoms with Gasteiger partial charge in [-0.05, 0) is 58.3 Å². The molecule has 32 heavy (non-hydrogen) atoms. The predicted molar refractivity (Wildman–Crippen MR) is 126 cm³/mol. The fraction of sp³-hybridized carbons (Fsp3) is 0.0714. The molecule has 0 saturated carbocycles. The fourth-order valence-electron chi connectivity index (χ4n) is 3.31. The Kier molecular flexibility index (Phi) is 6.42. The van der Waals surface area contributed by atoms with Crippen molar-refractivity contribution in [2.45, 2.75) is 6.61 Å². The highest BCUT2D eigenvalue weighted by molar-refractivity contribution is 6.08. The van der Waals surface area contributed by atoms with Crippen LogP contribution in [0.15, 0.2) is 97.1 Å². The van der Waals surface area contributed by atoms with Crippen LogP contribution in [0, 0.1) is 0 Å². The maximum Gasteiger partial charge on any atom is 0.337 e. The first-order valence-corrected chi connectivity index (χ1v) is 10.2. The number of hydrogen-bond donors (Lipinski definition) is 0. The van der Waals surface area contributed by atoms with E-state index in [0.717, 1.165) is 27.6 Å². The van der Waals surface area contributed by atoms with E-state index in [1.807, 2.05) is 78.9 Å². The molecule has 0 heterocycles. The molecule has 0 saturated heterocycles. The Balaban J connectivity index is 1.35. The minimum Gasteiger partial charge on any atom is -0.489 e. The van der Waals surface area contributed by atoms with Gasteiger partial charge in [0, 0.05) is 5.56 Å². The van der Waals surface area contributed by atoms with Gasteiger partial charge in [-0.25, -0.2) is 4.79 Å². The average molecular weight is 422 g/mol. The van der Waals surface area contributed by atoms with Crippen molar-refractivity contribution in [2.24, 2.45) is 0 Å². The Hall–Kier alpha value is -4.18. The van der Waals surface area contributed by atoms with Gasteiger partial charge in [0.2, 0.25) is 0 Å². The molecular formula is C28H22O4. The second kappa shape index (κ2) is 9.75. The quantitative estimate of drug-likeness (QED) is 0.205. The first-order valence-electron chi connectivity index (χ1n) is 10.2. The Morgan fingerprint density at radius 3 is 2.19 bits per heavy atom. The van der Waals surface area contributed by atoms with Crippen LogP contribution in [0.3, 0.4) is 0 Å². The average Bonchev–Trinajstić information content (AvgIpc) is 2.86. The van der Waals surface area contributed by atoms with E-state index in [9.17, 15) is 9.59 Å². The van der Waals surface area contributed by atoms with Crippen LogP contribution in [0.25, 0.3) is 16.8 Å². The Labute approximate surface area is 186 Å². The number of fused-ring (bicyclic) bond motifs is 1. The van der Waals surface area contributed by atoms with E-state index in [4.69, 9.17) is 9.47 Å². The predicted octanol–water partition coefficient (Wildman–Crippen LogP) is 6.10. The lowest BCUT2D eigenvalue weighted by Gasteiger charge is -2.07. The lowest BCUT2D eigenvalue weighted by molar-refractivity contribution is 0.0600. The first kappa shape index (κ1) is 21.1.